The number of halogens is 1. The second-order valence-electron chi connectivity index (χ2n) is 5.45. The molecule has 1 heterocycles. The monoisotopic (exact) mass is 352 g/mol. The van der Waals surface area contributed by atoms with Gasteiger partial charge in [0, 0.05) is 17.2 Å². The largest absolute Gasteiger partial charge is 0.454 e. The number of carbonyl (C=O) groups is 1. The Labute approximate surface area is 148 Å². The van der Waals surface area contributed by atoms with E-state index >= 15 is 0 Å². The molecule has 1 aliphatic rings. The van der Waals surface area contributed by atoms with Crippen molar-refractivity contribution in [1.29, 1.82) is 0 Å². The van der Waals surface area contributed by atoms with E-state index in [-0.39, 0.29) is 12.7 Å². The predicted octanol–water partition coefficient (Wildman–Crippen LogP) is 3.99. The van der Waals surface area contributed by atoms with Crippen molar-refractivity contribution in [1.82, 2.24) is 5.43 Å². The molecule has 25 heavy (non-hydrogen) atoms. The van der Waals surface area contributed by atoms with Crippen molar-refractivity contribution < 1.29 is 14.3 Å². The Morgan fingerprint density at radius 2 is 1.84 bits per heavy atom. The minimum atomic E-state index is -0.287. The van der Waals surface area contributed by atoms with Gasteiger partial charge in [-0.15, -0.1) is 0 Å². The summed E-state index contributed by atoms with van der Waals surface area (Å²) in [5.74, 6) is 0.915. The Hall–Kier alpha value is -3.05. The fraction of sp³-hybridized carbons (Fsp3) is 0.0526. The highest BCUT2D eigenvalue weighted by atomic mass is 35.5. The summed E-state index contributed by atoms with van der Waals surface area (Å²) in [6, 6.07) is 16.6. The van der Waals surface area contributed by atoms with E-state index in [0.717, 1.165) is 10.8 Å². The zero-order chi connectivity index (χ0) is 17.2. The number of hydrazone groups is 1. The molecule has 0 saturated heterocycles. The van der Waals surface area contributed by atoms with Crippen LogP contribution in [0.1, 0.15) is 15.9 Å². The molecule has 6 heteroatoms. The highest BCUT2D eigenvalue weighted by Gasteiger charge is 2.16. The lowest BCUT2D eigenvalue weighted by atomic mass is 10.0. The summed E-state index contributed by atoms with van der Waals surface area (Å²) in [4.78, 5) is 12.4. The quantitative estimate of drug-likeness (QED) is 0.573. The van der Waals surface area contributed by atoms with Gasteiger partial charge in [-0.3, -0.25) is 4.79 Å². The second kappa shape index (κ2) is 6.45. The van der Waals surface area contributed by atoms with Crippen LogP contribution in [-0.4, -0.2) is 18.9 Å². The van der Waals surface area contributed by atoms with Gasteiger partial charge in [0.25, 0.3) is 5.91 Å². The maximum absolute atomic E-state index is 12.4. The first-order valence-electron chi connectivity index (χ1n) is 7.63. The molecule has 1 amide bonds. The van der Waals surface area contributed by atoms with Crippen LogP contribution in [0.5, 0.6) is 11.5 Å². The second-order valence-corrected chi connectivity index (χ2v) is 5.86. The number of benzene rings is 3. The molecular formula is C19H13ClN2O3. The number of nitrogens with zero attached hydrogens (tertiary/aromatic N) is 1. The molecule has 3 aromatic carbocycles. The van der Waals surface area contributed by atoms with Crippen molar-refractivity contribution in [3.8, 4) is 11.5 Å². The highest BCUT2D eigenvalue weighted by Crippen LogP contribution is 2.36. The molecule has 0 radical (unpaired) electrons. The first-order chi connectivity index (χ1) is 12.2. The molecule has 0 aliphatic carbocycles. The van der Waals surface area contributed by atoms with Crippen molar-refractivity contribution in [3.63, 3.8) is 0 Å². The number of carbonyl (C=O) groups excluding carboxylic acids is 1. The summed E-state index contributed by atoms with van der Waals surface area (Å²) >= 11 is 6.18. The Kier molecular flexibility index (Phi) is 3.99. The van der Waals surface area contributed by atoms with Crippen LogP contribution in [0, 0.1) is 0 Å². The fourth-order valence-electron chi connectivity index (χ4n) is 2.68. The third-order valence-corrected chi connectivity index (χ3v) is 4.22. The molecular weight excluding hydrogens is 340 g/mol. The number of hydrogen-bond acceptors (Lipinski definition) is 4. The van der Waals surface area contributed by atoms with Crippen LogP contribution < -0.4 is 14.9 Å². The highest BCUT2D eigenvalue weighted by molar-refractivity contribution is 6.33. The van der Waals surface area contributed by atoms with E-state index in [9.17, 15) is 4.79 Å². The zero-order valence-electron chi connectivity index (χ0n) is 13.0. The van der Waals surface area contributed by atoms with Gasteiger partial charge >= 0.3 is 0 Å². The lowest BCUT2D eigenvalue weighted by molar-refractivity contribution is 0.0957. The number of rotatable bonds is 3. The van der Waals surface area contributed by atoms with Crippen molar-refractivity contribution in [2.24, 2.45) is 5.10 Å². The zero-order valence-corrected chi connectivity index (χ0v) is 13.8. The molecule has 124 valence electrons. The molecule has 3 aromatic rings. The van der Waals surface area contributed by atoms with Crippen LogP contribution >= 0.6 is 11.6 Å². The summed E-state index contributed by atoms with van der Waals surface area (Å²) in [5.41, 5.74) is 3.73. The average molecular weight is 353 g/mol. The Morgan fingerprint density at radius 1 is 1.08 bits per heavy atom. The normalized spacial score (nSPS) is 12.7. The van der Waals surface area contributed by atoms with Crippen molar-refractivity contribution in [2.75, 3.05) is 6.79 Å². The van der Waals surface area contributed by atoms with Gasteiger partial charge < -0.3 is 9.47 Å². The van der Waals surface area contributed by atoms with Gasteiger partial charge in [0.2, 0.25) is 6.79 Å². The van der Waals surface area contributed by atoms with Crippen LogP contribution in [0.4, 0.5) is 0 Å². The van der Waals surface area contributed by atoms with Crippen molar-refractivity contribution in [2.45, 2.75) is 0 Å². The maximum atomic E-state index is 12.4. The molecule has 0 aromatic heterocycles. The minimum absolute atomic E-state index is 0.171. The lowest BCUT2D eigenvalue weighted by Gasteiger charge is -2.05. The molecule has 0 atom stereocenters. The van der Waals surface area contributed by atoms with Crippen molar-refractivity contribution >= 4 is 34.5 Å². The Morgan fingerprint density at radius 3 is 2.72 bits per heavy atom. The Bertz CT molecular complexity index is 996. The SMILES string of the molecule is O=C(N/N=C\c1cc2c(cc1Cl)OCO2)c1cccc2ccccc12. The van der Waals surface area contributed by atoms with E-state index in [4.69, 9.17) is 21.1 Å². The molecule has 5 nitrogen and oxygen atoms in total. The lowest BCUT2D eigenvalue weighted by Crippen LogP contribution is -2.17. The number of nitrogens with one attached hydrogen (secondary N) is 1. The fourth-order valence-corrected chi connectivity index (χ4v) is 2.88. The van der Waals surface area contributed by atoms with E-state index in [2.05, 4.69) is 10.5 Å². The summed E-state index contributed by atoms with van der Waals surface area (Å²) < 4.78 is 10.6. The van der Waals surface area contributed by atoms with Gasteiger partial charge in [-0.25, -0.2) is 5.43 Å². The maximum Gasteiger partial charge on any atom is 0.271 e. The third kappa shape index (κ3) is 3.02. The van der Waals surface area contributed by atoms with Gasteiger partial charge in [-0.05, 0) is 22.9 Å². The predicted molar refractivity (Wildman–Crippen MR) is 96.6 cm³/mol. The summed E-state index contributed by atoms with van der Waals surface area (Å²) in [7, 11) is 0. The number of amides is 1. The molecule has 0 fully saturated rings. The van der Waals surface area contributed by atoms with Gasteiger partial charge in [-0.2, -0.15) is 5.10 Å². The van der Waals surface area contributed by atoms with Crippen LogP contribution in [0.25, 0.3) is 10.8 Å². The molecule has 1 N–H and O–H groups in total. The number of fused-ring (bicyclic) bond motifs is 2. The summed E-state index contributed by atoms with van der Waals surface area (Å²) in [6.07, 6.45) is 1.48. The smallest absolute Gasteiger partial charge is 0.271 e. The van der Waals surface area contributed by atoms with Crippen molar-refractivity contribution in [3.05, 3.63) is 70.7 Å². The van der Waals surface area contributed by atoms with Gasteiger partial charge in [-0.1, -0.05) is 48.0 Å². The van der Waals surface area contributed by atoms with Crippen LogP contribution in [0.2, 0.25) is 5.02 Å². The third-order valence-electron chi connectivity index (χ3n) is 3.90. The molecule has 4 rings (SSSR count). The van der Waals surface area contributed by atoms with Gasteiger partial charge in [0.05, 0.1) is 11.2 Å². The van der Waals surface area contributed by atoms with Gasteiger partial charge in [0.1, 0.15) is 0 Å². The standard InChI is InChI=1S/C19H13ClN2O3/c20-16-9-18-17(24-11-25-18)8-13(16)10-21-22-19(23)15-7-3-5-12-4-1-2-6-14(12)15/h1-10H,11H2,(H,22,23)/b21-10-. The van der Waals surface area contributed by atoms with Crippen LogP contribution in [-0.2, 0) is 0 Å². The molecule has 0 saturated carbocycles. The first kappa shape index (κ1) is 15.5. The Balaban J connectivity index is 1.55. The van der Waals surface area contributed by atoms with E-state index < -0.39 is 0 Å². The minimum Gasteiger partial charge on any atom is -0.454 e. The first-order valence-corrected chi connectivity index (χ1v) is 8.00. The molecule has 0 bridgehead atoms. The van der Waals surface area contributed by atoms with E-state index in [1.165, 1.54) is 6.21 Å². The van der Waals surface area contributed by atoms with Crippen LogP contribution in [0.15, 0.2) is 59.7 Å². The van der Waals surface area contributed by atoms with E-state index in [0.29, 0.717) is 27.6 Å². The molecule has 0 unspecified atom stereocenters. The summed E-state index contributed by atoms with van der Waals surface area (Å²) in [5, 5.41) is 6.34. The summed E-state index contributed by atoms with van der Waals surface area (Å²) in [6.45, 7) is 0.171. The van der Waals surface area contributed by atoms with Gasteiger partial charge in [0.15, 0.2) is 11.5 Å². The van der Waals surface area contributed by atoms with E-state index in [1.54, 1.807) is 18.2 Å². The topological polar surface area (TPSA) is 59.9 Å². The van der Waals surface area contributed by atoms with E-state index in [1.807, 2.05) is 36.4 Å². The average Bonchev–Trinajstić information content (AvgIpc) is 3.08. The molecule has 0 spiro atoms. The van der Waals surface area contributed by atoms with Crippen LogP contribution in [0.3, 0.4) is 0 Å². The molecule has 1 aliphatic heterocycles. The number of hydrogen-bond donors (Lipinski definition) is 1. The number of ether oxygens (including phenoxy) is 2.